The summed E-state index contributed by atoms with van der Waals surface area (Å²) < 4.78 is 76.6. The summed E-state index contributed by atoms with van der Waals surface area (Å²) in [6.45, 7) is 8.70. The second-order valence-electron chi connectivity index (χ2n) is 18.4. The van der Waals surface area contributed by atoms with Crippen LogP contribution in [0.15, 0.2) is 162 Å². The van der Waals surface area contributed by atoms with E-state index in [0.29, 0.717) is 56.0 Å². The molecule has 1 radical (unpaired) electrons. The number of rotatable bonds is 6. The fourth-order valence-corrected chi connectivity index (χ4v) is 9.13. The van der Waals surface area contributed by atoms with Gasteiger partial charge in [-0.05, 0) is 127 Å². The van der Waals surface area contributed by atoms with Crippen molar-refractivity contribution in [3.63, 3.8) is 0 Å². The minimum absolute atomic E-state index is 0. The molecule has 4 nitrogen and oxygen atoms in total. The summed E-state index contributed by atoms with van der Waals surface area (Å²) in [7, 11) is 0. The van der Waals surface area contributed by atoms with Crippen LogP contribution in [0.1, 0.15) is 99.0 Å². The third-order valence-corrected chi connectivity index (χ3v) is 12.4. The molecule has 0 spiro atoms. The van der Waals surface area contributed by atoms with E-state index in [0.717, 1.165) is 60.3 Å². The van der Waals surface area contributed by atoms with Gasteiger partial charge < -0.3 is 14.0 Å². The smallest absolute Gasteiger partial charge is 0.121 e. The Hall–Kier alpha value is -6.65. The molecule has 335 valence electrons. The summed E-state index contributed by atoms with van der Waals surface area (Å²) in [5, 5.41) is 6.29. The zero-order valence-electron chi connectivity index (χ0n) is 46.6. The Bertz CT molecular complexity index is 3900. The van der Waals surface area contributed by atoms with Crippen molar-refractivity contribution in [3.8, 4) is 39.5 Å². The standard InChI is InChI=1S/C46H37N2O.C16H18N.Ir/c1-27(2)37-24-33(30-14-7-6-8-15-30)25-38(28(3)4)44(37)48-43-29(5)13-11-20-41(43)47-46(48)36-19-12-18-35-40-23-32-22-21-31-16-9-10-17-34(31)39(32)26-42(40)49-45(35)36;1-12-11-17-15(10-14(12)16(2,3)4)13-8-6-5-7-9-13;/h6-18,20-28H,1-5H3;5-8,10-11H,1-4H3;/q2*-1;/i5D3,27D,28D;1D3;. The van der Waals surface area contributed by atoms with Gasteiger partial charge in [-0.3, -0.25) is 4.98 Å². The Morgan fingerprint density at radius 2 is 1.37 bits per heavy atom. The van der Waals surface area contributed by atoms with Gasteiger partial charge in [0.2, 0.25) is 0 Å². The van der Waals surface area contributed by atoms with Gasteiger partial charge in [-0.2, -0.15) is 0 Å². The topological polar surface area (TPSA) is 43.9 Å². The largest absolute Gasteiger partial charge is 0.501 e. The molecule has 0 N–H and O–H groups in total. The number of hydrogen-bond acceptors (Lipinski definition) is 3. The zero-order chi connectivity index (χ0) is 52.7. The molecule has 0 aliphatic carbocycles. The van der Waals surface area contributed by atoms with E-state index in [9.17, 15) is 2.74 Å². The minimum atomic E-state index is -2.48. The van der Waals surface area contributed by atoms with Crippen molar-refractivity contribution in [3.05, 3.63) is 198 Å². The first-order chi connectivity index (χ1) is 34.9. The molecule has 0 bridgehead atoms. The molecule has 8 aromatic carbocycles. The van der Waals surface area contributed by atoms with E-state index in [2.05, 4.69) is 53.5 Å². The van der Waals surface area contributed by atoms with Crippen molar-refractivity contribution in [2.45, 2.75) is 79.4 Å². The predicted octanol–water partition coefficient (Wildman–Crippen LogP) is 17.1. The van der Waals surface area contributed by atoms with Crippen LogP contribution in [0.2, 0.25) is 0 Å². The maximum Gasteiger partial charge on any atom is 0.121 e. The molecule has 0 aliphatic rings. The van der Waals surface area contributed by atoms with Crippen LogP contribution in [0.5, 0.6) is 0 Å². The number of fused-ring (bicyclic) bond motifs is 7. The van der Waals surface area contributed by atoms with Crippen LogP contribution in [0, 0.1) is 25.8 Å². The van der Waals surface area contributed by atoms with E-state index in [4.69, 9.17) is 17.6 Å². The number of furan rings is 1. The summed E-state index contributed by atoms with van der Waals surface area (Å²) >= 11 is 0. The van der Waals surface area contributed by atoms with Crippen molar-refractivity contribution in [1.82, 2.24) is 14.5 Å². The van der Waals surface area contributed by atoms with Gasteiger partial charge in [-0.15, -0.1) is 54.1 Å². The molecule has 0 amide bonds. The van der Waals surface area contributed by atoms with Crippen LogP contribution in [0.4, 0.5) is 0 Å². The van der Waals surface area contributed by atoms with Gasteiger partial charge in [0, 0.05) is 48.3 Å². The number of aryl methyl sites for hydroxylation is 2. The van der Waals surface area contributed by atoms with E-state index in [1.807, 2.05) is 156 Å². The Balaban J connectivity index is 0.000000277. The van der Waals surface area contributed by atoms with Gasteiger partial charge in [0.1, 0.15) is 5.58 Å². The Labute approximate surface area is 419 Å². The van der Waals surface area contributed by atoms with Gasteiger partial charge in [0.25, 0.3) is 0 Å². The van der Waals surface area contributed by atoms with Crippen LogP contribution in [-0.2, 0) is 25.5 Å². The molecule has 0 fully saturated rings. The molecular formula is C62H55IrN3O-2. The van der Waals surface area contributed by atoms with Crippen molar-refractivity contribution in [1.29, 1.82) is 0 Å². The summed E-state index contributed by atoms with van der Waals surface area (Å²) in [5.41, 5.74) is 9.00. The molecule has 3 heterocycles. The van der Waals surface area contributed by atoms with E-state index < -0.39 is 25.5 Å². The van der Waals surface area contributed by atoms with E-state index in [1.165, 1.54) is 6.20 Å². The maximum absolute atomic E-state index is 9.54. The summed E-state index contributed by atoms with van der Waals surface area (Å²) in [6.07, 6.45) is 1.48. The molecular weight excluding hydrogens is 995 g/mol. The normalized spacial score (nSPS) is 14.3. The van der Waals surface area contributed by atoms with Crippen molar-refractivity contribution >= 4 is 54.5 Å². The number of hydrogen-bond donors (Lipinski definition) is 0. The SMILES string of the molecule is [2H]C([2H])([2H])c1cccc2nc(-c3[c-]ccc4c3oc3cc5c(ccc6ccccc65)cc34)n(-c3c(C([2H])(C)C)cc(-c4ccccc4)cc3C([2H])(C)C)c12.[2H]C([2H])([2H])c1cnc(-c2[c-]cccc2)cc1C(C)(C)C.[Ir]. The predicted molar refractivity (Wildman–Crippen MR) is 278 cm³/mol. The van der Waals surface area contributed by atoms with Gasteiger partial charge in [0.15, 0.2) is 0 Å². The summed E-state index contributed by atoms with van der Waals surface area (Å²) in [6, 6.07) is 55.7. The molecule has 0 aliphatic heterocycles. The van der Waals surface area contributed by atoms with Gasteiger partial charge >= 0.3 is 0 Å². The maximum atomic E-state index is 9.54. The Morgan fingerprint density at radius 3 is 2.09 bits per heavy atom. The van der Waals surface area contributed by atoms with Crippen molar-refractivity contribution < 1.29 is 35.5 Å². The molecule has 0 saturated heterocycles. The fraction of sp³-hybridized carbons (Fsp3) is 0.194. The number of pyridine rings is 1. The molecule has 11 aromatic rings. The molecule has 0 atom stereocenters. The van der Waals surface area contributed by atoms with Crippen LogP contribution in [-0.4, -0.2) is 14.5 Å². The molecule has 67 heavy (non-hydrogen) atoms. The van der Waals surface area contributed by atoms with Crippen LogP contribution < -0.4 is 0 Å². The van der Waals surface area contributed by atoms with Crippen molar-refractivity contribution in [2.24, 2.45) is 0 Å². The van der Waals surface area contributed by atoms with Gasteiger partial charge in [-0.1, -0.05) is 144 Å². The molecule has 11 rings (SSSR count). The van der Waals surface area contributed by atoms with Gasteiger partial charge in [0.05, 0.1) is 22.4 Å². The van der Waals surface area contributed by atoms with Crippen LogP contribution in [0.25, 0.3) is 94.0 Å². The number of para-hydroxylation sites is 1. The van der Waals surface area contributed by atoms with Crippen LogP contribution >= 0.6 is 0 Å². The third kappa shape index (κ3) is 8.41. The quantitative estimate of drug-likeness (QED) is 0.123. The number of aromatic nitrogens is 3. The third-order valence-electron chi connectivity index (χ3n) is 12.4. The molecule has 0 saturated carbocycles. The number of nitrogens with zero attached hydrogens (tertiary/aromatic N) is 3. The number of imidazole rings is 1. The van der Waals surface area contributed by atoms with E-state index in [-0.39, 0.29) is 31.1 Å². The first-order valence-corrected chi connectivity index (χ1v) is 22.3. The molecule has 3 aromatic heterocycles. The minimum Gasteiger partial charge on any atom is -0.501 e. The number of benzene rings is 8. The summed E-state index contributed by atoms with van der Waals surface area (Å²) in [5.74, 6) is -1.91. The van der Waals surface area contributed by atoms with Gasteiger partial charge in [-0.25, -0.2) is 0 Å². The van der Waals surface area contributed by atoms with Crippen molar-refractivity contribution in [2.75, 3.05) is 0 Å². The molecule has 5 heteroatoms. The second-order valence-corrected chi connectivity index (χ2v) is 18.4. The summed E-state index contributed by atoms with van der Waals surface area (Å²) in [4.78, 5) is 9.47. The van der Waals surface area contributed by atoms with E-state index >= 15 is 0 Å². The first kappa shape index (κ1) is 36.5. The molecule has 0 unspecified atom stereocenters. The second kappa shape index (κ2) is 18.2. The average molecular weight is 1060 g/mol. The zero-order valence-corrected chi connectivity index (χ0v) is 41.0. The average Bonchev–Trinajstić information content (AvgIpc) is 3.96. The van der Waals surface area contributed by atoms with Crippen LogP contribution in [0.3, 0.4) is 0 Å². The first-order valence-electron chi connectivity index (χ1n) is 26.3. The Kier molecular flexibility index (Phi) is 9.91. The van der Waals surface area contributed by atoms with E-state index in [1.54, 1.807) is 12.1 Å². The fourth-order valence-electron chi connectivity index (χ4n) is 9.13. The Morgan fingerprint density at radius 1 is 0.642 bits per heavy atom. The monoisotopic (exact) mass is 1060 g/mol.